The fraction of sp³-hybridized carbons (Fsp3) is 0.143. The first-order chi connectivity index (χ1) is 4.83. The van der Waals surface area contributed by atoms with Gasteiger partial charge in [0.2, 0.25) is 0 Å². The molecule has 0 spiro atoms. The second-order valence-corrected chi connectivity index (χ2v) is 1.96. The quantitative estimate of drug-likeness (QED) is 0.463. The normalized spacial score (nSPS) is 8.40. The molecule has 0 aliphatic heterocycles. The summed E-state index contributed by atoms with van der Waals surface area (Å²) >= 11 is 0. The fourth-order valence-corrected chi connectivity index (χ4v) is 0.599. The van der Waals surface area contributed by atoms with Crippen molar-refractivity contribution < 1.29 is 0 Å². The summed E-state index contributed by atoms with van der Waals surface area (Å²) in [6.45, 7) is 1.95. The SMILES string of the molecule is Cc1ccc(NC#N)nc1. The number of nitrogens with zero attached hydrogens (tertiary/aromatic N) is 2. The molecule has 0 aliphatic carbocycles. The van der Waals surface area contributed by atoms with Gasteiger partial charge in [-0.05, 0) is 18.6 Å². The molecule has 0 aromatic carbocycles. The lowest BCUT2D eigenvalue weighted by Gasteiger charge is -1.94. The van der Waals surface area contributed by atoms with E-state index in [2.05, 4.69) is 10.3 Å². The molecule has 0 fully saturated rings. The van der Waals surface area contributed by atoms with Crippen LogP contribution >= 0.6 is 0 Å². The van der Waals surface area contributed by atoms with E-state index in [4.69, 9.17) is 5.26 Å². The number of rotatable bonds is 1. The van der Waals surface area contributed by atoms with Crippen molar-refractivity contribution in [2.75, 3.05) is 5.32 Å². The van der Waals surface area contributed by atoms with Crippen LogP contribution in [-0.4, -0.2) is 4.98 Å². The van der Waals surface area contributed by atoms with Crippen LogP contribution in [0, 0.1) is 18.4 Å². The molecule has 50 valence electrons. The molecule has 0 radical (unpaired) electrons. The molecule has 0 amide bonds. The minimum Gasteiger partial charge on any atom is -0.277 e. The van der Waals surface area contributed by atoms with Crippen molar-refractivity contribution in [3.05, 3.63) is 23.9 Å². The standard InChI is InChI=1S/C7H7N3/c1-6-2-3-7(9-4-6)10-5-8/h2-4H,1H3,(H,9,10). The van der Waals surface area contributed by atoms with Crippen molar-refractivity contribution in [2.24, 2.45) is 0 Å². The first-order valence-electron chi connectivity index (χ1n) is 2.90. The molecule has 1 heterocycles. The Morgan fingerprint density at radius 3 is 2.90 bits per heavy atom. The second kappa shape index (κ2) is 2.83. The summed E-state index contributed by atoms with van der Waals surface area (Å²) in [5, 5.41) is 10.6. The van der Waals surface area contributed by atoms with Crippen molar-refractivity contribution in [3.8, 4) is 6.19 Å². The molecule has 3 heteroatoms. The summed E-state index contributed by atoms with van der Waals surface area (Å²) in [4.78, 5) is 3.93. The van der Waals surface area contributed by atoms with Crippen LogP contribution in [0.3, 0.4) is 0 Å². The predicted octanol–water partition coefficient (Wildman–Crippen LogP) is 1.28. The Bertz CT molecular complexity index is 245. The first kappa shape index (κ1) is 6.56. The predicted molar refractivity (Wildman–Crippen MR) is 38.2 cm³/mol. The van der Waals surface area contributed by atoms with Gasteiger partial charge in [-0.15, -0.1) is 0 Å². The molecule has 0 unspecified atom stereocenters. The highest BCUT2D eigenvalue weighted by Gasteiger charge is 1.87. The van der Waals surface area contributed by atoms with E-state index in [1.807, 2.05) is 13.0 Å². The van der Waals surface area contributed by atoms with Gasteiger partial charge in [0.05, 0.1) is 0 Å². The lowest BCUT2D eigenvalue weighted by molar-refractivity contribution is 1.26. The number of aromatic nitrogens is 1. The molecular weight excluding hydrogens is 126 g/mol. The molecule has 10 heavy (non-hydrogen) atoms. The smallest absolute Gasteiger partial charge is 0.182 e. The zero-order valence-corrected chi connectivity index (χ0v) is 5.63. The number of nitriles is 1. The van der Waals surface area contributed by atoms with Gasteiger partial charge >= 0.3 is 0 Å². The van der Waals surface area contributed by atoms with E-state index in [1.54, 1.807) is 18.5 Å². The number of aryl methyl sites for hydroxylation is 1. The van der Waals surface area contributed by atoms with E-state index in [-0.39, 0.29) is 0 Å². The molecule has 0 bridgehead atoms. The Morgan fingerprint density at radius 2 is 2.40 bits per heavy atom. The Hall–Kier alpha value is -1.56. The van der Waals surface area contributed by atoms with Crippen molar-refractivity contribution in [3.63, 3.8) is 0 Å². The van der Waals surface area contributed by atoms with E-state index in [0.717, 1.165) is 5.56 Å². The second-order valence-electron chi connectivity index (χ2n) is 1.96. The van der Waals surface area contributed by atoms with E-state index >= 15 is 0 Å². The topological polar surface area (TPSA) is 48.7 Å². The molecule has 1 N–H and O–H groups in total. The van der Waals surface area contributed by atoms with Crippen LogP contribution in [-0.2, 0) is 0 Å². The molecule has 3 nitrogen and oxygen atoms in total. The van der Waals surface area contributed by atoms with Crippen LogP contribution in [0.15, 0.2) is 18.3 Å². The number of hydrogen-bond acceptors (Lipinski definition) is 3. The van der Waals surface area contributed by atoms with Gasteiger partial charge in [0, 0.05) is 6.20 Å². The van der Waals surface area contributed by atoms with Crippen LogP contribution in [0.5, 0.6) is 0 Å². The summed E-state index contributed by atoms with van der Waals surface area (Å²) in [5.41, 5.74) is 1.09. The molecule has 0 saturated heterocycles. The van der Waals surface area contributed by atoms with Crippen LogP contribution in [0.4, 0.5) is 5.82 Å². The van der Waals surface area contributed by atoms with Crippen LogP contribution in [0.25, 0.3) is 0 Å². The van der Waals surface area contributed by atoms with Crippen molar-refractivity contribution in [1.29, 1.82) is 5.26 Å². The zero-order chi connectivity index (χ0) is 7.40. The van der Waals surface area contributed by atoms with E-state index in [0.29, 0.717) is 5.82 Å². The minimum atomic E-state index is 0.591. The van der Waals surface area contributed by atoms with Gasteiger partial charge in [0.25, 0.3) is 0 Å². The summed E-state index contributed by atoms with van der Waals surface area (Å²) in [6.07, 6.45) is 3.50. The maximum Gasteiger partial charge on any atom is 0.182 e. The Morgan fingerprint density at radius 1 is 1.60 bits per heavy atom. The van der Waals surface area contributed by atoms with E-state index < -0.39 is 0 Å². The van der Waals surface area contributed by atoms with Gasteiger partial charge in [-0.25, -0.2) is 4.98 Å². The summed E-state index contributed by atoms with van der Waals surface area (Å²) in [7, 11) is 0. The third-order valence-electron chi connectivity index (χ3n) is 1.10. The summed E-state index contributed by atoms with van der Waals surface area (Å²) in [6, 6.07) is 3.66. The maximum absolute atomic E-state index is 8.19. The highest BCUT2D eigenvalue weighted by molar-refractivity contribution is 5.38. The average Bonchev–Trinajstić information content (AvgIpc) is 1.95. The highest BCUT2D eigenvalue weighted by Crippen LogP contribution is 2.01. The summed E-state index contributed by atoms with van der Waals surface area (Å²) < 4.78 is 0. The Kier molecular flexibility index (Phi) is 1.86. The molecule has 1 rings (SSSR count). The maximum atomic E-state index is 8.19. The zero-order valence-electron chi connectivity index (χ0n) is 5.63. The molecule has 0 atom stereocenters. The van der Waals surface area contributed by atoms with Gasteiger partial charge < -0.3 is 0 Å². The van der Waals surface area contributed by atoms with Crippen molar-refractivity contribution in [1.82, 2.24) is 4.98 Å². The summed E-state index contributed by atoms with van der Waals surface area (Å²) in [5.74, 6) is 0.591. The molecule has 0 saturated carbocycles. The minimum absolute atomic E-state index is 0.591. The number of hydrogen-bond donors (Lipinski definition) is 1. The average molecular weight is 133 g/mol. The molecule has 1 aromatic heterocycles. The Balaban J connectivity index is 2.81. The van der Waals surface area contributed by atoms with Gasteiger partial charge in [-0.2, -0.15) is 5.26 Å². The number of pyridine rings is 1. The molecular formula is C7H7N3. The molecule has 0 aliphatic rings. The van der Waals surface area contributed by atoms with Gasteiger partial charge in [-0.3, -0.25) is 5.32 Å². The third kappa shape index (κ3) is 1.46. The lowest BCUT2D eigenvalue weighted by atomic mass is 10.3. The number of anilines is 1. The first-order valence-corrected chi connectivity index (χ1v) is 2.90. The lowest BCUT2D eigenvalue weighted by Crippen LogP contribution is -1.89. The van der Waals surface area contributed by atoms with E-state index in [1.165, 1.54) is 0 Å². The van der Waals surface area contributed by atoms with Gasteiger partial charge in [-0.1, -0.05) is 6.07 Å². The number of nitrogens with one attached hydrogen (secondary N) is 1. The van der Waals surface area contributed by atoms with Crippen LogP contribution < -0.4 is 5.32 Å². The molecule has 1 aromatic rings. The van der Waals surface area contributed by atoms with Crippen molar-refractivity contribution >= 4 is 5.82 Å². The highest BCUT2D eigenvalue weighted by atomic mass is 15.0. The van der Waals surface area contributed by atoms with Gasteiger partial charge in [0.15, 0.2) is 6.19 Å². The van der Waals surface area contributed by atoms with Crippen LogP contribution in [0.1, 0.15) is 5.56 Å². The Labute approximate surface area is 59.3 Å². The monoisotopic (exact) mass is 133 g/mol. The van der Waals surface area contributed by atoms with Crippen LogP contribution in [0.2, 0.25) is 0 Å². The third-order valence-corrected chi connectivity index (χ3v) is 1.10. The van der Waals surface area contributed by atoms with E-state index in [9.17, 15) is 0 Å². The largest absolute Gasteiger partial charge is 0.277 e. The van der Waals surface area contributed by atoms with Gasteiger partial charge in [0.1, 0.15) is 5.82 Å². The van der Waals surface area contributed by atoms with Crippen molar-refractivity contribution in [2.45, 2.75) is 6.92 Å². The fourth-order valence-electron chi connectivity index (χ4n) is 0.599.